The molecule has 2 fully saturated rings. The molecule has 1 spiro atoms. The van der Waals surface area contributed by atoms with Crippen molar-refractivity contribution >= 4 is 0 Å². The number of aromatic nitrogens is 2. The highest BCUT2D eigenvalue weighted by Gasteiger charge is 2.48. The van der Waals surface area contributed by atoms with E-state index in [4.69, 9.17) is 14.0 Å². The van der Waals surface area contributed by atoms with Gasteiger partial charge in [-0.2, -0.15) is 0 Å². The normalized spacial score (nSPS) is 23.6. The molecule has 4 heterocycles. The summed E-state index contributed by atoms with van der Waals surface area (Å²) >= 11 is 0. The minimum atomic E-state index is -0.0729. The Hall–Kier alpha value is -1.92. The van der Waals surface area contributed by atoms with Gasteiger partial charge in [-0.05, 0) is 13.0 Å². The molecule has 1 unspecified atom stereocenters. The summed E-state index contributed by atoms with van der Waals surface area (Å²) in [6.07, 6.45) is 3.77. The number of likely N-dealkylation sites (tertiary alicyclic amines) is 1. The first kappa shape index (κ1) is 14.7. The van der Waals surface area contributed by atoms with Crippen LogP contribution in [0.4, 0.5) is 0 Å². The quantitative estimate of drug-likeness (QED) is 0.862. The van der Waals surface area contributed by atoms with Crippen LogP contribution in [-0.2, 0) is 11.3 Å². The summed E-state index contributed by atoms with van der Waals surface area (Å²) in [5, 5.41) is 4.05. The molecule has 2 aromatic rings. The first-order chi connectivity index (χ1) is 11.2. The summed E-state index contributed by atoms with van der Waals surface area (Å²) in [5.41, 5.74) is 0.908. The molecule has 23 heavy (non-hydrogen) atoms. The van der Waals surface area contributed by atoms with E-state index in [-0.39, 0.29) is 11.7 Å². The van der Waals surface area contributed by atoms with E-state index in [1.807, 2.05) is 31.2 Å². The molecule has 0 saturated carbocycles. The Labute approximate surface area is 135 Å². The molecule has 0 aliphatic carbocycles. The van der Waals surface area contributed by atoms with Crippen LogP contribution in [-0.4, -0.2) is 46.4 Å². The summed E-state index contributed by atoms with van der Waals surface area (Å²) in [5.74, 6) is 1.55. The Morgan fingerprint density at radius 2 is 2.30 bits per heavy atom. The highest BCUT2D eigenvalue weighted by molar-refractivity contribution is 5.11. The standard InChI is InChI=1S/C17H21N3O3/c1-13-8-14(19-23-13)10-20-11-17(12-20)9-15(5-7-21-17)22-16-4-2-3-6-18-16/h2-4,6,8,15H,5,7,9-12H2,1H3. The number of rotatable bonds is 4. The molecule has 0 amide bonds. The molecule has 122 valence electrons. The van der Waals surface area contributed by atoms with E-state index in [9.17, 15) is 0 Å². The first-order valence-electron chi connectivity index (χ1n) is 8.07. The molecule has 0 radical (unpaired) electrons. The van der Waals surface area contributed by atoms with E-state index < -0.39 is 0 Å². The molecule has 0 aromatic carbocycles. The maximum atomic E-state index is 6.06. The molecule has 2 aliphatic rings. The minimum Gasteiger partial charge on any atom is -0.474 e. The minimum absolute atomic E-state index is 0.0729. The van der Waals surface area contributed by atoms with Crippen molar-refractivity contribution in [2.24, 2.45) is 0 Å². The Morgan fingerprint density at radius 1 is 1.39 bits per heavy atom. The van der Waals surface area contributed by atoms with Crippen molar-refractivity contribution in [1.82, 2.24) is 15.0 Å². The largest absolute Gasteiger partial charge is 0.474 e. The second kappa shape index (κ2) is 5.94. The average molecular weight is 315 g/mol. The van der Waals surface area contributed by atoms with Crippen LogP contribution in [0.25, 0.3) is 0 Å². The SMILES string of the molecule is Cc1cc(CN2CC3(CC(Oc4ccccn4)CCO3)C2)no1. The van der Waals surface area contributed by atoms with Crippen molar-refractivity contribution in [3.63, 3.8) is 0 Å². The lowest BCUT2D eigenvalue weighted by molar-refractivity contribution is -0.188. The van der Waals surface area contributed by atoms with Crippen LogP contribution in [0.3, 0.4) is 0 Å². The van der Waals surface area contributed by atoms with E-state index in [0.717, 1.165) is 50.5 Å². The molecule has 0 bridgehead atoms. The van der Waals surface area contributed by atoms with Gasteiger partial charge in [0.25, 0.3) is 0 Å². The number of pyridine rings is 1. The lowest BCUT2D eigenvalue weighted by Crippen LogP contribution is -2.65. The number of ether oxygens (including phenoxy) is 2. The maximum Gasteiger partial charge on any atom is 0.213 e. The van der Waals surface area contributed by atoms with Crippen LogP contribution < -0.4 is 4.74 Å². The highest BCUT2D eigenvalue weighted by atomic mass is 16.5. The third-order valence-corrected chi connectivity index (χ3v) is 4.46. The average Bonchev–Trinajstić information content (AvgIpc) is 2.92. The summed E-state index contributed by atoms with van der Waals surface area (Å²) in [6, 6.07) is 7.73. The van der Waals surface area contributed by atoms with Crippen LogP contribution in [0.2, 0.25) is 0 Å². The maximum absolute atomic E-state index is 6.06. The van der Waals surface area contributed by atoms with E-state index >= 15 is 0 Å². The van der Waals surface area contributed by atoms with Gasteiger partial charge in [-0.3, -0.25) is 4.90 Å². The van der Waals surface area contributed by atoms with Crippen molar-refractivity contribution < 1.29 is 14.0 Å². The zero-order valence-corrected chi connectivity index (χ0v) is 13.3. The summed E-state index contributed by atoms with van der Waals surface area (Å²) < 4.78 is 17.2. The van der Waals surface area contributed by atoms with E-state index in [1.165, 1.54) is 0 Å². The Bertz CT molecular complexity index is 652. The lowest BCUT2D eigenvalue weighted by atomic mass is 9.84. The van der Waals surface area contributed by atoms with Crippen LogP contribution in [0.1, 0.15) is 24.3 Å². The molecule has 6 nitrogen and oxygen atoms in total. The second-order valence-electron chi connectivity index (χ2n) is 6.51. The number of aryl methyl sites for hydroxylation is 1. The van der Waals surface area contributed by atoms with Gasteiger partial charge < -0.3 is 14.0 Å². The molecule has 4 rings (SSSR count). The van der Waals surface area contributed by atoms with Gasteiger partial charge in [0.1, 0.15) is 11.9 Å². The zero-order valence-electron chi connectivity index (χ0n) is 13.3. The van der Waals surface area contributed by atoms with Crippen molar-refractivity contribution in [3.05, 3.63) is 41.9 Å². The number of hydrogen-bond acceptors (Lipinski definition) is 6. The van der Waals surface area contributed by atoms with Gasteiger partial charge in [0.2, 0.25) is 5.88 Å². The van der Waals surface area contributed by atoms with Gasteiger partial charge in [-0.1, -0.05) is 11.2 Å². The number of hydrogen-bond donors (Lipinski definition) is 0. The van der Waals surface area contributed by atoms with Gasteiger partial charge >= 0.3 is 0 Å². The Kier molecular flexibility index (Phi) is 3.79. The zero-order chi connectivity index (χ0) is 15.7. The Morgan fingerprint density at radius 3 is 3.04 bits per heavy atom. The van der Waals surface area contributed by atoms with Crippen molar-refractivity contribution in [2.75, 3.05) is 19.7 Å². The van der Waals surface area contributed by atoms with Gasteiger partial charge in [0.05, 0.1) is 17.9 Å². The molecule has 6 heteroatoms. The number of nitrogens with zero attached hydrogens (tertiary/aromatic N) is 3. The first-order valence-corrected chi connectivity index (χ1v) is 8.07. The van der Waals surface area contributed by atoms with Crippen LogP contribution in [0.5, 0.6) is 5.88 Å². The molecule has 1 atom stereocenters. The topological polar surface area (TPSA) is 60.6 Å². The molecule has 2 aliphatic heterocycles. The van der Waals surface area contributed by atoms with Gasteiger partial charge in [0.15, 0.2) is 0 Å². The highest BCUT2D eigenvalue weighted by Crippen LogP contribution is 2.36. The van der Waals surface area contributed by atoms with Crippen LogP contribution in [0, 0.1) is 6.92 Å². The van der Waals surface area contributed by atoms with Crippen molar-refractivity contribution in [1.29, 1.82) is 0 Å². The predicted molar refractivity (Wildman–Crippen MR) is 83.1 cm³/mol. The molecule has 2 aromatic heterocycles. The van der Waals surface area contributed by atoms with E-state index in [0.29, 0.717) is 5.88 Å². The molecular formula is C17H21N3O3. The lowest BCUT2D eigenvalue weighted by Gasteiger charge is -2.52. The summed E-state index contributed by atoms with van der Waals surface area (Å²) in [6.45, 7) is 5.31. The van der Waals surface area contributed by atoms with E-state index in [1.54, 1.807) is 6.20 Å². The van der Waals surface area contributed by atoms with E-state index in [2.05, 4.69) is 15.0 Å². The van der Waals surface area contributed by atoms with Crippen molar-refractivity contribution in [2.45, 2.75) is 38.0 Å². The van der Waals surface area contributed by atoms with Crippen LogP contribution >= 0.6 is 0 Å². The summed E-state index contributed by atoms with van der Waals surface area (Å²) in [7, 11) is 0. The molecule has 0 N–H and O–H groups in total. The fourth-order valence-corrected chi connectivity index (χ4v) is 3.49. The third-order valence-electron chi connectivity index (χ3n) is 4.46. The fraction of sp³-hybridized carbons (Fsp3) is 0.529. The molecular weight excluding hydrogens is 294 g/mol. The predicted octanol–water partition coefficient (Wildman–Crippen LogP) is 2.19. The summed E-state index contributed by atoms with van der Waals surface area (Å²) in [4.78, 5) is 6.58. The molecule has 2 saturated heterocycles. The van der Waals surface area contributed by atoms with Gasteiger partial charge in [-0.15, -0.1) is 0 Å². The van der Waals surface area contributed by atoms with Crippen LogP contribution in [0.15, 0.2) is 35.0 Å². The second-order valence-corrected chi connectivity index (χ2v) is 6.51. The Balaban J connectivity index is 1.32. The van der Waals surface area contributed by atoms with Gasteiger partial charge in [-0.25, -0.2) is 4.98 Å². The van der Waals surface area contributed by atoms with Crippen molar-refractivity contribution in [3.8, 4) is 5.88 Å². The smallest absolute Gasteiger partial charge is 0.213 e. The fourth-order valence-electron chi connectivity index (χ4n) is 3.49. The monoisotopic (exact) mass is 315 g/mol. The third kappa shape index (κ3) is 3.23. The van der Waals surface area contributed by atoms with Gasteiger partial charge in [0, 0.05) is 50.8 Å².